The molecule has 0 aliphatic rings. The van der Waals surface area contributed by atoms with Crippen molar-refractivity contribution in [3.8, 4) is 17.1 Å². The normalized spacial score (nSPS) is 11.2. The van der Waals surface area contributed by atoms with E-state index in [4.69, 9.17) is 13.9 Å². The summed E-state index contributed by atoms with van der Waals surface area (Å²) in [6, 6.07) is 24.4. The summed E-state index contributed by atoms with van der Waals surface area (Å²) < 4.78 is 20.5. The first-order valence-electron chi connectivity index (χ1n) is 13.4. The van der Waals surface area contributed by atoms with Crippen LogP contribution in [-0.2, 0) is 11.3 Å². The molecule has 0 saturated carbocycles. The van der Waals surface area contributed by atoms with Gasteiger partial charge in [0.15, 0.2) is 5.76 Å². The highest BCUT2D eigenvalue weighted by atomic mass is 16.5. The molecule has 3 aromatic heterocycles. The lowest BCUT2D eigenvalue weighted by atomic mass is 10.2. The molecule has 0 atom stereocenters. The number of methoxy groups -OCH3 is 1. The van der Waals surface area contributed by atoms with Crippen molar-refractivity contribution < 1.29 is 23.5 Å². The molecule has 1 amide bonds. The van der Waals surface area contributed by atoms with Gasteiger partial charge in [0.2, 0.25) is 0 Å². The zero-order valence-corrected chi connectivity index (χ0v) is 24.2. The second-order valence-electron chi connectivity index (χ2n) is 9.90. The van der Waals surface area contributed by atoms with E-state index in [2.05, 4.69) is 41.1 Å². The van der Waals surface area contributed by atoms with Crippen LogP contribution in [0, 0.1) is 27.7 Å². The van der Waals surface area contributed by atoms with Crippen LogP contribution in [0.4, 0.5) is 0 Å². The van der Waals surface area contributed by atoms with Gasteiger partial charge in [0, 0.05) is 39.7 Å². The average Bonchev–Trinajstić information content (AvgIpc) is 3.69. The van der Waals surface area contributed by atoms with Crippen molar-refractivity contribution in [2.75, 3.05) is 7.11 Å². The maximum atomic E-state index is 12.6. The van der Waals surface area contributed by atoms with Crippen LogP contribution in [0.3, 0.4) is 0 Å². The topological polar surface area (TPSA) is 100.0 Å². The molecule has 0 bridgehead atoms. The largest absolute Gasteiger partial charge is 0.486 e. The number of hydrogen-bond acceptors (Lipinski definition) is 6. The lowest BCUT2D eigenvalue weighted by molar-refractivity contribution is 0.0600. The van der Waals surface area contributed by atoms with Gasteiger partial charge in [-0.15, -0.1) is 0 Å². The van der Waals surface area contributed by atoms with E-state index in [1.165, 1.54) is 18.5 Å². The van der Waals surface area contributed by atoms with Crippen molar-refractivity contribution >= 4 is 18.1 Å². The van der Waals surface area contributed by atoms with E-state index in [1.807, 2.05) is 60.9 Å². The monoisotopic (exact) mass is 564 g/mol. The Morgan fingerprint density at radius 1 is 0.833 bits per heavy atom. The highest BCUT2D eigenvalue weighted by molar-refractivity contribution is 5.92. The number of aromatic nitrogens is 2. The number of nitrogens with zero attached hydrogens (tertiary/aromatic N) is 3. The number of ether oxygens (including phenoxy) is 2. The van der Waals surface area contributed by atoms with Crippen molar-refractivity contribution in [1.82, 2.24) is 14.6 Å². The zero-order valence-electron chi connectivity index (χ0n) is 24.2. The third-order valence-corrected chi connectivity index (χ3v) is 7.02. The van der Waals surface area contributed by atoms with E-state index < -0.39 is 5.91 Å². The predicted molar refractivity (Wildman–Crippen MR) is 160 cm³/mol. The van der Waals surface area contributed by atoms with Crippen LogP contribution in [0.1, 0.15) is 55.0 Å². The number of furan rings is 1. The van der Waals surface area contributed by atoms with Gasteiger partial charge >= 0.3 is 11.9 Å². The molecule has 0 saturated heterocycles. The minimum Gasteiger partial charge on any atom is -0.486 e. The maximum Gasteiger partial charge on any atom is 0.337 e. The fraction of sp³-hybridized carbons (Fsp3) is 0.182. The molecule has 3 heterocycles. The first-order valence-corrected chi connectivity index (χ1v) is 13.4. The van der Waals surface area contributed by atoms with Crippen LogP contribution >= 0.6 is 0 Å². The number of hydrogen-bond donors (Lipinski definition) is 1. The van der Waals surface area contributed by atoms with Crippen molar-refractivity contribution in [1.29, 1.82) is 0 Å². The number of nitrogens with one attached hydrogen (secondary N) is 1. The Bertz CT molecular complexity index is 1740. The van der Waals surface area contributed by atoms with Crippen LogP contribution in [0.5, 0.6) is 5.75 Å². The van der Waals surface area contributed by atoms with Gasteiger partial charge in [0.05, 0.1) is 18.9 Å². The van der Waals surface area contributed by atoms with Gasteiger partial charge in [0.1, 0.15) is 18.1 Å². The molecule has 5 rings (SSSR count). The van der Waals surface area contributed by atoms with Crippen molar-refractivity contribution in [3.63, 3.8) is 0 Å². The Kier molecular flexibility index (Phi) is 8.10. The average molecular weight is 565 g/mol. The molecule has 9 nitrogen and oxygen atoms in total. The number of carbonyl (C=O) groups is 2. The van der Waals surface area contributed by atoms with Gasteiger partial charge in [-0.05, 0) is 107 Å². The molecule has 9 heteroatoms. The van der Waals surface area contributed by atoms with Crippen LogP contribution in [0.15, 0.2) is 88.4 Å². The molecule has 2 aromatic carbocycles. The van der Waals surface area contributed by atoms with Crippen molar-refractivity contribution in [2.45, 2.75) is 34.3 Å². The summed E-state index contributed by atoms with van der Waals surface area (Å²) in [5.74, 6) is 0.505. The zero-order chi connectivity index (χ0) is 29.8. The lowest BCUT2D eigenvalue weighted by Gasteiger charge is -2.10. The predicted octanol–water partition coefficient (Wildman–Crippen LogP) is 6.22. The summed E-state index contributed by atoms with van der Waals surface area (Å²) >= 11 is 0. The van der Waals surface area contributed by atoms with E-state index in [0.717, 1.165) is 28.3 Å². The van der Waals surface area contributed by atoms with Gasteiger partial charge in [-0.1, -0.05) is 0 Å². The summed E-state index contributed by atoms with van der Waals surface area (Å²) in [6.45, 7) is 8.26. The Labute approximate surface area is 244 Å². The Morgan fingerprint density at radius 2 is 1.48 bits per heavy atom. The molecular formula is C33H32N4O5. The highest BCUT2D eigenvalue weighted by Gasteiger charge is 2.13. The molecule has 0 aliphatic carbocycles. The Balaban J connectivity index is 1.17. The molecule has 0 spiro atoms. The minimum absolute atomic E-state index is 0.135. The molecule has 214 valence electrons. The van der Waals surface area contributed by atoms with E-state index in [-0.39, 0.29) is 18.3 Å². The Morgan fingerprint density at radius 3 is 2.14 bits per heavy atom. The van der Waals surface area contributed by atoms with E-state index in [0.29, 0.717) is 17.1 Å². The first-order chi connectivity index (χ1) is 20.2. The molecular weight excluding hydrogens is 532 g/mol. The number of esters is 1. The number of carbonyl (C=O) groups excluding carboxylic acids is 2. The Hall–Kier alpha value is -5.31. The van der Waals surface area contributed by atoms with Crippen molar-refractivity contribution in [3.05, 3.63) is 124 Å². The number of benzene rings is 2. The SMILES string of the molecule is COC(=O)c1ccc(-n2c(C)cc(/C=N/NC(=O)c3ccc(COc4ccc(-n5c(C)ccc5C)cc4)o3)c2C)cc1. The van der Waals surface area contributed by atoms with Crippen LogP contribution < -0.4 is 10.2 Å². The summed E-state index contributed by atoms with van der Waals surface area (Å²) in [7, 11) is 1.36. The summed E-state index contributed by atoms with van der Waals surface area (Å²) in [5, 5.41) is 4.13. The van der Waals surface area contributed by atoms with Crippen LogP contribution in [0.25, 0.3) is 11.4 Å². The smallest absolute Gasteiger partial charge is 0.337 e. The van der Waals surface area contributed by atoms with Gasteiger partial charge in [-0.2, -0.15) is 5.10 Å². The minimum atomic E-state index is -0.466. The highest BCUT2D eigenvalue weighted by Crippen LogP contribution is 2.22. The van der Waals surface area contributed by atoms with Gasteiger partial charge in [0.25, 0.3) is 0 Å². The standard InChI is InChI=1S/C33H32N4O5/c1-21-6-7-22(2)36(21)27-12-14-29(15-13-27)41-20-30-16-17-31(42-30)32(38)35-34-19-26-18-23(3)37(24(26)4)28-10-8-25(9-11-28)33(39)40-5/h6-19H,20H2,1-5H3,(H,35,38)/b34-19+. The second-order valence-corrected chi connectivity index (χ2v) is 9.90. The van der Waals surface area contributed by atoms with Crippen molar-refractivity contribution in [2.24, 2.45) is 5.10 Å². The van der Waals surface area contributed by atoms with Gasteiger partial charge in [-0.3, -0.25) is 4.79 Å². The molecule has 0 unspecified atom stereocenters. The van der Waals surface area contributed by atoms with Crippen LogP contribution in [-0.4, -0.2) is 34.3 Å². The van der Waals surface area contributed by atoms with Crippen LogP contribution in [0.2, 0.25) is 0 Å². The molecule has 0 fully saturated rings. The number of aryl methyl sites for hydroxylation is 3. The van der Waals surface area contributed by atoms with Gasteiger partial charge in [-0.25, -0.2) is 10.2 Å². The summed E-state index contributed by atoms with van der Waals surface area (Å²) in [5.41, 5.74) is 10.0. The number of rotatable bonds is 9. The maximum absolute atomic E-state index is 12.6. The fourth-order valence-corrected chi connectivity index (χ4v) is 4.89. The molecule has 5 aromatic rings. The fourth-order valence-electron chi connectivity index (χ4n) is 4.89. The van der Waals surface area contributed by atoms with E-state index >= 15 is 0 Å². The number of amides is 1. The molecule has 42 heavy (non-hydrogen) atoms. The second kappa shape index (κ2) is 12.1. The molecule has 0 aliphatic heterocycles. The quantitative estimate of drug-likeness (QED) is 0.130. The lowest BCUT2D eigenvalue weighted by Crippen LogP contribution is -2.16. The third kappa shape index (κ3) is 5.90. The van der Waals surface area contributed by atoms with Gasteiger partial charge < -0.3 is 23.0 Å². The first kappa shape index (κ1) is 28.2. The van der Waals surface area contributed by atoms with E-state index in [9.17, 15) is 9.59 Å². The summed E-state index contributed by atoms with van der Waals surface area (Å²) in [6.07, 6.45) is 1.59. The third-order valence-electron chi connectivity index (χ3n) is 7.02. The number of hydrazone groups is 1. The summed E-state index contributed by atoms with van der Waals surface area (Å²) in [4.78, 5) is 24.3. The molecule has 0 radical (unpaired) electrons. The van der Waals surface area contributed by atoms with E-state index in [1.54, 1.807) is 30.5 Å². The molecule has 1 N–H and O–H groups in total.